The van der Waals surface area contributed by atoms with Crippen molar-refractivity contribution in [3.05, 3.63) is 46.8 Å². The maximum atomic E-state index is 12.1. The van der Waals surface area contributed by atoms with E-state index >= 15 is 0 Å². The summed E-state index contributed by atoms with van der Waals surface area (Å²) in [6.45, 7) is 4.90. The van der Waals surface area contributed by atoms with Gasteiger partial charge in [0.25, 0.3) is 0 Å². The monoisotopic (exact) mass is 415 g/mol. The molecule has 0 saturated heterocycles. The van der Waals surface area contributed by atoms with E-state index < -0.39 is 0 Å². The molecule has 3 N–H and O–H groups in total. The van der Waals surface area contributed by atoms with Gasteiger partial charge in [-0.2, -0.15) is 0 Å². The van der Waals surface area contributed by atoms with E-state index in [0.717, 1.165) is 29.7 Å². The number of hydrogen-bond acceptors (Lipinski definition) is 6. The van der Waals surface area contributed by atoms with E-state index in [-0.39, 0.29) is 18.3 Å². The summed E-state index contributed by atoms with van der Waals surface area (Å²) in [5.74, 6) is 7.65. The van der Waals surface area contributed by atoms with Gasteiger partial charge in [0, 0.05) is 6.54 Å². The lowest BCUT2D eigenvalue weighted by Crippen LogP contribution is -2.27. The van der Waals surface area contributed by atoms with Crippen molar-refractivity contribution in [3.63, 3.8) is 0 Å². The number of benzene rings is 1. The highest BCUT2D eigenvalue weighted by atomic mass is 32.2. The third-order valence-corrected chi connectivity index (χ3v) is 5.92. The predicted octanol–water partition coefficient (Wildman–Crippen LogP) is 3.29. The van der Waals surface area contributed by atoms with E-state index in [9.17, 15) is 4.79 Å². The second-order valence-electron chi connectivity index (χ2n) is 7.28. The maximum Gasteiger partial charge on any atom is 0.230 e. The molecule has 0 saturated carbocycles. The van der Waals surface area contributed by atoms with Crippen molar-refractivity contribution in [3.8, 4) is 5.75 Å². The summed E-state index contributed by atoms with van der Waals surface area (Å²) in [5, 5.41) is 11.6. The van der Waals surface area contributed by atoms with Gasteiger partial charge in [-0.05, 0) is 57.1 Å². The molecule has 1 aromatic heterocycles. The molecule has 0 atom stereocenters. The van der Waals surface area contributed by atoms with Crippen molar-refractivity contribution in [2.24, 2.45) is 0 Å². The van der Waals surface area contributed by atoms with E-state index in [2.05, 4.69) is 21.6 Å². The van der Waals surface area contributed by atoms with Crippen LogP contribution in [0.4, 0.5) is 0 Å². The number of carbonyl (C=O) groups excluding carboxylic acids is 1. The summed E-state index contributed by atoms with van der Waals surface area (Å²) in [5.41, 5.74) is 3.58. The molecule has 0 spiro atoms. The van der Waals surface area contributed by atoms with Gasteiger partial charge < -0.3 is 15.9 Å². The average Bonchev–Trinajstić information content (AvgIpc) is 3.06. The molecule has 7 nitrogen and oxygen atoms in total. The predicted molar refractivity (Wildman–Crippen MR) is 115 cm³/mol. The van der Waals surface area contributed by atoms with Crippen LogP contribution in [0.15, 0.2) is 35.0 Å². The number of allylic oxidation sites excluding steroid dienone is 1. The zero-order valence-corrected chi connectivity index (χ0v) is 17.9. The van der Waals surface area contributed by atoms with Gasteiger partial charge in [-0.1, -0.05) is 41.6 Å². The highest BCUT2D eigenvalue weighted by Crippen LogP contribution is 2.24. The van der Waals surface area contributed by atoms with Crippen LogP contribution in [0.2, 0.25) is 0 Å². The van der Waals surface area contributed by atoms with Crippen molar-refractivity contribution >= 4 is 17.7 Å². The highest BCUT2D eigenvalue weighted by Gasteiger charge is 2.14. The Hall–Kier alpha value is -2.48. The molecule has 0 unspecified atom stereocenters. The number of nitrogens with two attached hydrogens (primary N) is 1. The summed E-state index contributed by atoms with van der Waals surface area (Å²) in [4.78, 5) is 12.1. The van der Waals surface area contributed by atoms with Crippen LogP contribution in [0.1, 0.15) is 49.1 Å². The normalized spacial score (nSPS) is 13.8. The number of amides is 1. The largest absolute Gasteiger partial charge is 0.485 e. The number of ether oxygens (including phenoxy) is 1. The first kappa shape index (κ1) is 21.2. The summed E-state index contributed by atoms with van der Waals surface area (Å²) in [7, 11) is 0. The van der Waals surface area contributed by atoms with Crippen LogP contribution in [0.5, 0.6) is 5.75 Å². The molecule has 0 bridgehead atoms. The first-order valence-electron chi connectivity index (χ1n) is 10.0. The van der Waals surface area contributed by atoms with E-state index in [1.54, 1.807) is 0 Å². The van der Waals surface area contributed by atoms with Crippen molar-refractivity contribution < 1.29 is 9.53 Å². The quantitative estimate of drug-likeness (QED) is 0.371. The number of nitrogens with zero attached hydrogens (tertiary/aromatic N) is 3. The molecular formula is C21H29N5O2S. The molecule has 1 aromatic carbocycles. The molecule has 1 aliphatic carbocycles. The van der Waals surface area contributed by atoms with E-state index in [4.69, 9.17) is 10.6 Å². The highest BCUT2D eigenvalue weighted by molar-refractivity contribution is 7.99. The third-order valence-electron chi connectivity index (χ3n) is 4.98. The lowest BCUT2D eigenvalue weighted by Gasteiger charge is -2.13. The number of aryl methyl sites for hydroxylation is 2. The number of nitrogens with one attached hydrogen (secondary N) is 1. The van der Waals surface area contributed by atoms with Crippen molar-refractivity contribution in [1.29, 1.82) is 0 Å². The fourth-order valence-corrected chi connectivity index (χ4v) is 4.05. The topological polar surface area (TPSA) is 95.1 Å². The van der Waals surface area contributed by atoms with Gasteiger partial charge in [-0.25, -0.2) is 4.68 Å². The minimum absolute atomic E-state index is 0.0252. The lowest BCUT2D eigenvalue weighted by molar-refractivity contribution is -0.118. The molecule has 29 heavy (non-hydrogen) atoms. The first-order valence-corrected chi connectivity index (χ1v) is 11.0. The van der Waals surface area contributed by atoms with E-state index in [1.807, 2.05) is 32.0 Å². The van der Waals surface area contributed by atoms with Gasteiger partial charge in [0.15, 0.2) is 5.82 Å². The Balaban J connectivity index is 1.44. The van der Waals surface area contributed by atoms with Crippen molar-refractivity contribution in [2.45, 2.75) is 57.7 Å². The minimum atomic E-state index is -0.0252. The van der Waals surface area contributed by atoms with Crippen LogP contribution in [-0.4, -0.2) is 33.1 Å². The molecule has 8 heteroatoms. The Kier molecular flexibility index (Phi) is 7.57. The van der Waals surface area contributed by atoms with Gasteiger partial charge in [-0.15, -0.1) is 10.2 Å². The number of carbonyl (C=O) groups is 1. The fourth-order valence-electron chi connectivity index (χ4n) is 3.34. The van der Waals surface area contributed by atoms with E-state index in [1.165, 1.54) is 41.3 Å². The summed E-state index contributed by atoms with van der Waals surface area (Å²) in [6.07, 6.45) is 8.11. The Bertz CT molecular complexity index is 858. The summed E-state index contributed by atoms with van der Waals surface area (Å²) in [6, 6.07) is 6.00. The van der Waals surface area contributed by atoms with Gasteiger partial charge in [0.2, 0.25) is 11.1 Å². The summed E-state index contributed by atoms with van der Waals surface area (Å²) < 4.78 is 7.27. The molecule has 1 heterocycles. The first-order chi connectivity index (χ1) is 14.0. The van der Waals surface area contributed by atoms with Crippen LogP contribution in [0, 0.1) is 13.8 Å². The third kappa shape index (κ3) is 6.00. The molecule has 0 aliphatic heterocycles. The number of rotatable bonds is 9. The Morgan fingerprint density at radius 1 is 1.28 bits per heavy atom. The molecule has 0 fully saturated rings. The van der Waals surface area contributed by atoms with Gasteiger partial charge in [-0.3, -0.25) is 4.79 Å². The molecule has 0 radical (unpaired) electrons. The molecule has 1 aliphatic rings. The Morgan fingerprint density at radius 3 is 2.79 bits per heavy atom. The second kappa shape index (κ2) is 10.3. The second-order valence-corrected chi connectivity index (χ2v) is 8.22. The summed E-state index contributed by atoms with van der Waals surface area (Å²) >= 11 is 1.27. The minimum Gasteiger partial charge on any atom is -0.485 e. The maximum absolute atomic E-state index is 12.1. The zero-order chi connectivity index (χ0) is 20.6. The average molecular weight is 416 g/mol. The van der Waals surface area contributed by atoms with Crippen LogP contribution in [-0.2, 0) is 11.4 Å². The smallest absolute Gasteiger partial charge is 0.230 e. The van der Waals surface area contributed by atoms with E-state index in [0.29, 0.717) is 17.5 Å². The fraction of sp³-hybridized carbons (Fsp3) is 0.476. The number of thioether (sulfide) groups is 1. The number of hydrogen-bond donors (Lipinski definition) is 2. The molecule has 3 rings (SSSR count). The number of nitrogen functional groups attached to an aromatic ring is 1. The Labute approximate surface area is 176 Å². The molecule has 1 amide bonds. The van der Waals surface area contributed by atoms with Gasteiger partial charge >= 0.3 is 0 Å². The van der Waals surface area contributed by atoms with Crippen LogP contribution < -0.4 is 15.9 Å². The Morgan fingerprint density at radius 2 is 2.07 bits per heavy atom. The van der Waals surface area contributed by atoms with Crippen molar-refractivity contribution in [1.82, 2.24) is 20.2 Å². The molecule has 156 valence electrons. The van der Waals surface area contributed by atoms with Gasteiger partial charge in [0.1, 0.15) is 12.4 Å². The van der Waals surface area contributed by atoms with Crippen LogP contribution >= 0.6 is 11.8 Å². The van der Waals surface area contributed by atoms with Crippen LogP contribution in [0.3, 0.4) is 0 Å². The molecular weight excluding hydrogens is 386 g/mol. The number of para-hydroxylation sites is 1. The van der Waals surface area contributed by atoms with Gasteiger partial charge in [0.05, 0.1) is 5.75 Å². The number of aromatic nitrogens is 3. The SMILES string of the molecule is Cc1cccc(C)c1OCc1nnc(SCC(=O)NCCC2=CCCCC2)n1N. The molecule has 2 aromatic rings. The standard InChI is InChI=1S/C21H29N5O2S/c1-15-7-6-8-16(2)20(15)28-13-18-24-25-21(26(18)22)29-14-19(27)23-12-11-17-9-4-3-5-10-17/h6-9H,3-5,10-14,22H2,1-2H3,(H,23,27). The van der Waals surface area contributed by atoms with Crippen molar-refractivity contribution in [2.75, 3.05) is 18.1 Å². The lowest BCUT2D eigenvalue weighted by atomic mass is 9.97. The van der Waals surface area contributed by atoms with Crippen LogP contribution in [0.25, 0.3) is 0 Å². The zero-order valence-electron chi connectivity index (χ0n) is 17.1.